The molecule has 2 N–H and O–H groups in total. The van der Waals surface area contributed by atoms with Gasteiger partial charge in [0.1, 0.15) is 0 Å². The first kappa shape index (κ1) is 10.2. The molecule has 0 radical (unpaired) electrons. The highest BCUT2D eigenvalue weighted by Crippen LogP contribution is 2.15. The van der Waals surface area contributed by atoms with Crippen molar-refractivity contribution in [3.05, 3.63) is 18.0 Å². The summed E-state index contributed by atoms with van der Waals surface area (Å²) in [6.07, 6.45) is 1.65. The molecule has 72 valence electrons. The Morgan fingerprint density at radius 3 is 2.92 bits per heavy atom. The molecule has 0 fully saturated rings. The summed E-state index contributed by atoms with van der Waals surface area (Å²) in [5.74, 6) is -0.0397. The van der Waals surface area contributed by atoms with Crippen LogP contribution in [0.3, 0.4) is 0 Å². The Bertz CT molecular complexity index is 276. The maximum Gasteiger partial charge on any atom is 0.236 e. The van der Waals surface area contributed by atoms with Crippen molar-refractivity contribution in [1.82, 2.24) is 15.5 Å². The predicted octanol–water partition coefficient (Wildman–Crippen LogP) is 1.20. The number of aromatic nitrogens is 2. The van der Waals surface area contributed by atoms with E-state index in [1.807, 2.05) is 6.07 Å². The zero-order chi connectivity index (χ0) is 9.90. The molecule has 13 heavy (non-hydrogen) atoms. The maximum atomic E-state index is 11.4. The van der Waals surface area contributed by atoms with Crippen LogP contribution in [-0.4, -0.2) is 20.4 Å². The number of H-pyrrole nitrogens is 1. The van der Waals surface area contributed by atoms with Crippen LogP contribution in [0.15, 0.2) is 12.3 Å². The number of carbonyl (C=O) groups excluding carboxylic acids is 1. The number of alkyl halides is 1. The van der Waals surface area contributed by atoms with E-state index >= 15 is 0 Å². The van der Waals surface area contributed by atoms with Gasteiger partial charge < -0.3 is 5.32 Å². The second-order valence-corrected chi connectivity index (χ2v) is 5.22. The predicted molar refractivity (Wildman–Crippen MR) is 53.4 cm³/mol. The molecule has 0 aliphatic rings. The lowest BCUT2D eigenvalue weighted by Gasteiger charge is -2.14. The van der Waals surface area contributed by atoms with E-state index in [9.17, 15) is 4.79 Å². The van der Waals surface area contributed by atoms with E-state index in [2.05, 4.69) is 31.4 Å². The van der Waals surface area contributed by atoms with Crippen LogP contribution in [0, 0.1) is 0 Å². The molecular weight excluding hydrogens is 234 g/mol. The Balaban J connectivity index is 2.40. The van der Waals surface area contributed by atoms with Gasteiger partial charge in [0.25, 0.3) is 0 Å². The number of aromatic amines is 1. The third kappa shape index (κ3) is 3.18. The lowest BCUT2D eigenvalue weighted by molar-refractivity contribution is -0.122. The summed E-state index contributed by atoms with van der Waals surface area (Å²) in [5.41, 5.74) is 0.894. The van der Waals surface area contributed by atoms with Gasteiger partial charge in [0, 0.05) is 6.20 Å². The summed E-state index contributed by atoms with van der Waals surface area (Å²) < 4.78 is -0.521. The first-order chi connectivity index (χ1) is 6.00. The smallest absolute Gasteiger partial charge is 0.236 e. The average Bonchev–Trinajstić information content (AvgIpc) is 2.50. The summed E-state index contributed by atoms with van der Waals surface area (Å²) in [6.45, 7) is 4.08. The molecule has 1 amide bonds. The van der Waals surface area contributed by atoms with Crippen molar-refractivity contribution < 1.29 is 4.79 Å². The second-order valence-electron chi connectivity index (χ2n) is 3.24. The zero-order valence-corrected chi connectivity index (χ0v) is 9.18. The SMILES string of the molecule is CC(C)(Br)C(=O)NCc1ccn[nH]1. The summed E-state index contributed by atoms with van der Waals surface area (Å²) >= 11 is 3.27. The van der Waals surface area contributed by atoms with E-state index in [-0.39, 0.29) is 5.91 Å². The molecule has 0 saturated heterocycles. The quantitative estimate of drug-likeness (QED) is 0.787. The van der Waals surface area contributed by atoms with E-state index in [0.717, 1.165) is 5.69 Å². The molecule has 4 nitrogen and oxygen atoms in total. The largest absolute Gasteiger partial charge is 0.349 e. The zero-order valence-electron chi connectivity index (χ0n) is 7.60. The van der Waals surface area contributed by atoms with Gasteiger partial charge >= 0.3 is 0 Å². The molecule has 0 atom stereocenters. The number of hydrogen-bond acceptors (Lipinski definition) is 2. The third-order valence-corrected chi connectivity index (χ3v) is 1.90. The fourth-order valence-corrected chi connectivity index (χ4v) is 0.909. The summed E-state index contributed by atoms with van der Waals surface area (Å²) in [7, 11) is 0. The molecular formula is C8H12BrN3O. The molecule has 0 saturated carbocycles. The van der Waals surface area contributed by atoms with Crippen LogP contribution in [0.25, 0.3) is 0 Å². The van der Waals surface area contributed by atoms with Gasteiger partial charge in [0.15, 0.2) is 0 Å². The number of amides is 1. The molecule has 5 heteroatoms. The number of rotatable bonds is 3. The Morgan fingerprint density at radius 2 is 2.46 bits per heavy atom. The van der Waals surface area contributed by atoms with E-state index in [4.69, 9.17) is 0 Å². The molecule has 0 aliphatic heterocycles. The molecule has 0 spiro atoms. The van der Waals surface area contributed by atoms with Crippen molar-refractivity contribution in [1.29, 1.82) is 0 Å². The van der Waals surface area contributed by atoms with Gasteiger partial charge in [-0.15, -0.1) is 0 Å². The van der Waals surface area contributed by atoms with Gasteiger partial charge in [-0.1, -0.05) is 15.9 Å². The molecule has 1 heterocycles. The number of nitrogens with zero attached hydrogens (tertiary/aromatic N) is 1. The first-order valence-electron chi connectivity index (χ1n) is 3.95. The lowest BCUT2D eigenvalue weighted by Crippen LogP contribution is -2.37. The normalized spacial score (nSPS) is 11.3. The second kappa shape index (κ2) is 3.91. The fourth-order valence-electron chi connectivity index (χ4n) is 0.769. The number of halogens is 1. The Morgan fingerprint density at radius 1 is 1.77 bits per heavy atom. The summed E-state index contributed by atoms with van der Waals surface area (Å²) in [5, 5.41) is 9.31. The van der Waals surface area contributed by atoms with Crippen LogP contribution in [-0.2, 0) is 11.3 Å². The van der Waals surface area contributed by atoms with Crippen LogP contribution in [0.2, 0.25) is 0 Å². The van der Waals surface area contributed by atoms with Crippen LogP contribution in [0.1, 0.15) is 19.5 Å². The Hall–Kier alpha value is -0.840. The van der Waals surface area contributed by atoms with E-state index in [0.29, 0.717) is 6.54 Å². The van der Waals surface area contributed by atoms with Crippen LogP contribution < -0.4 is 5.32 Å². The van der Waals surface area contributed by atoms with Gasteiger partial charge in [-0.05, 0) is 19.9 Å². The highest BCUT2D eigenvalue weighted by Gasteiger charge is 2.22. The van der Waals surface area contributed by atoms with Gasteiger partial charge in [-0.2, -0.15) is 5.10 Å². The van der Waals surface area contributed by atoms with Crippen molar-refractivity contribution >= 4 is 21.8 Å². The van der Waals surface area contributed by atoms with Gasteiger partial charge in [-0.25, -0.2) is 0 Å². The van der Waals surface area contributed by atoms with Crippen molar-refractivity contribution in [3.8, 4) is 0 Å². The van der Waals surface area contributed by atoms with Gasteiger partial charge in [0.05, 0.1) is 16.6 Å². The van der Waals surface area contributed by atoms with Crippen LogP contribution >= 0.6 is 15.9 Å². The maximum absolute atomic E-state index is 11.4. The van der Waals surface area contributed by atoms with Crippen molar-refractivity contribution in [2.75, 3.05) is 0 Å². The van der Waals surface area contributed by atoms with E-state index in [1.165, 1.54) is 0 Å². The first-order valence-corrected chi connectivity index (χ1v) is 4.75. The van der Waals surface area contributed by atoms with Crippen molar-refractivity contribution in [2.45, 2.75) is 24.7 Å². The number of nitrogens with one attached hydrogen (secondary N) is 2. The topological polar surface area (TPSA) is 57.8 Å². The van der Waals surface area contributed by atoms with Gasteiger partial charge in [-0.3, -0.25) is 9.89 Å². The highest BCUT2D eigenvalue weighted by atomic mass is 79.9. The summed E-state index contributed by atoms with van der Waals surface area (Å²) in [6, 6.07) is 1.82. The minimum absolute atomic E-state index is 0.0397. The van der Waals surface area contributed by atoms with Gasteiger partial charge in [0.2, 0.25) is 5.91 Å². The molecule has 0 aromatic carbocycles. The number of hydrogen-bond donors (Lipinski definition) is 2. The van der Waals surface area contributed by atoms with E-state index < -0.39 is 4.32 Å². The van der Waals surface area contributed by atoms with Crippen LogP contribution in [0.4, 0.5) is 0 Å². The Labute approximate surface area is 85.2 Å². The fraction of sp³-hybridized carbons (Fsp3) is 0.500. The Kier molecular flexibility index (Phi) is 3.08. The third-order valence-electron chi connectivity index (χ3n) is 1.54. The molecule has 0 bridgehead atoms. The average molecular weight is 246 g/mol. The highest BCUT2D eigenvalue weighted by molar-refractivity contribution is 9.10. The lowest BCUT2D eigenvalue weighted by atomic mass is 10.2. The van der Waals surface area contributed by atoms with E-state index in [1.54, 1.807) is 20.0 Å². The monoisotopic (exact) mass is 245 g/mol. The minimum atomic E-state index is -0.521. The van der Waals surface area contributed by atoms with Crippen molar-refractivity contribution in [3.63, 3.8) is 0 Å². The molecule has 0 unspecified atom stereocenters. The van der Waals surface area contributed by atoms with Crippen LogP contribution in [0.5, 0.6) is 0 Å². The number of carbonyl (C=O) groups is 1. The molecule has 1 aromatic rings. The summed E-state index contributed by atoms with van der Waals surface area (Å²) in [4.78, 5) is 11.4. The molecule has 1 aromatic heterocycles. The molecule has 0 aliphatic carbocycles. The molecule has 1 rings (SSSR count). The van der Waals surface area contributed by atoms with Crippen molar-refractivity contribution in [2.24, 2.45) is 0 Å². The standard InChI is InChI=1S/C8H12BrN3O/c1-8(2,9)7(13)10-5-6-3-4-11-12-6/h3-4H,5H2,1-2H3,(H,10,13)(H,11,12). The minimum Gasteiger partial charge on any atom is -0.349 e.